The van der Waals surface area contributed by atoms with Gasteiger partial charge in [-0.3, -0.25) is 0 Å². The number of aliphatic imine (C=N–C) groups is 1. The first-order chi connectivity index (χ1) is 15.6. The maximum atomic E-state index is 10.4. The van der Waals surface area contributed by atoms with Crippen LogP contribution >= 0.6 is 11.3 Å². The Labute approximate surface area is 187 Å². The number of phenols is 1. The highest BCUT2D eigenvalue weighted by Gasteiger charge is 2.15. The molecule has 3 heterocycles. The predicted octanol–water partition coefficient (Wildman–Crippen LogP) is 4.30. The van der Waals surface area contributed by atoms with E-state index in [1.165, 1.54) is 17.7 Å². The number of phenolic OH excluding ortho intramolecular Hbond substituents is 1. The van der Waals surface area contributed by atoms with Crippen LogP contribution in [-0.4, -0.2) is 38.7 Å². The summed E-state index contributed by atoms with van der Waals surface area (Å²) < 4.78 is 11.2. The van der Waals surface area contributed by atoms with E-state index in [2.05, 4.69) is 30.6 Å². The molecular weight excluding hydrogens is 428 g/mol. The van der Waals surface area contributed by atoms with Crippen molar-refractivity contribution in [1.82, 2.24) is 15.0 Å². The number of thiazole rings is 1. The molecule has 1 aliphatic rings. The Morgan fingerprint density at radius 3 is 2.78 bits per heavy atom. The molecule has 0 saturated heterocycles. The van der Waals surface area contributed by atoms with Crippen molar-refractivity contribution in [3.05, 3.63) is 59.3 Å². The number of nitrogens with zero attached hydrogens (tertiary/aromatic N) is 4. The lowest BCUT2D eigenvalue weighted by Crippen LogP contribution is -2.11. The summed E-state index contributed by atoms with van der Waals surface area (Å²) in [5.41, 5.74) is 2.26. The summed E-state index contributed by atoms with van der Waals surface area (Å²) in [5.74, 6) is 1.02. The number of nitrogens with one attached hydrogen (secondary N) is 2. The summed E-state index contributed by atoms with van der Waals surface area (Å²) in [4.78, 5) is 17.3. The minimum Gasteiger partial charge on any atom is -0.504 e. The van der Waals surface area contributed by atoms with E-state index in [9.17, 15) is 5.11 Å². The fraction of sp³-hybridized carbons (Fsp3) is 0.182. The van der Waals surface area contributed by atoms with Crippen LogP contribution in [0.5, 0.6) is 11.5 Å². The van der Waals surface area contributed by atoms with Gasteiger partial charge in [-0.2, -0.15) is 0 Å². The second kappa shape index (κ2) is 8.67. The summed E-state index contributed by atoms with van der Waals surface area (Å²) in [6.45, 7) is 2.87. The van der Waals surface area contributed by atoms with Crippen molar-refractivity contribution in [1.29, 1.82) is 0 Å². The standard InChI is InChI=1S/C22H20N6O3S/c1-13-10-31-22(26-13)28-14-2-4-17-16(8-14)21(25-12-24-17)27-15-3-5-19(18(29)9-15)30-11-20-23-6-7-32-20/h2-9,12-13,29H,10-11H2,1H3,(H,26,28)(H,24,25,27)/t13-/m1/s1. The molecule has 9 nitrogen and oxygen atoms in total. The van der Waals surface area contributed by atoms with Crippen molar-refractivity contribution in [3.8, 4) is 11.5 Å². The van der Waals surface area contributed by atoms with Gasteiger partial charge < -0.3 is 25.2 Å². The first-order valence-corrected chi connectivity index (χ1v) is 10.9. The molecule has 0 aliphatic carbocycles. The molecular formula is C22H20N6O3S. The van der Waals surface area contributed by atoms with Crippen molar-refractivity contribution in [2.75, 3.05) is 17.2 Å². The quantitative estimate of drug-likeness (QED) is 0.400. The smallest absolute Gasteiger partial charge is 0.289 e. The fourth-order valence-electron chi connectivity index (χ4n) is 3.22. The van der Waals surface area contributed by atoms with Gasteiger partial charge in [0.05, 0.1) is 11.6 Å². The van der Waals surface area contributed by atoms with Gasteiger partial charge in [0.2, 0.25) is 0 Å². The molecule has 0 bridgehead atoms. The number of rotatable bonds is 6. The van der Waals surface area contributed by atoms with E-state index in [1.54, 1.807) is 18.3 Å². The lowest BCUT2D eigenvalue weighted by atomic mass is 10.2. The van der Waals surface area contributed by atoms with Crippen LogP contribution in [0.15, 0.2) is 59.3 Å². The number of amidine groups is 1. The van der Waals surface area contributed by atoms with Crippen LogP contribution in [0.1, 0.15) is 11.9 Å². The molecule has 0 radical (unpaired) electrons. The van der Waals surface area contributed by atoms with Gasteiger partial charge in [0.15, 0.2) is 11.5 Å². The fourth-order valence-corrected chi connectivity index (χ4v) is 3.75. The first-order valence-electron chi connectivity index (χ1n) is 9.97. The topological polar surface area (TPSA) is 114 Å². The molecule has 0 saturated carbocycles. The molecule has 162 valence electrons. The summed E-state index contributed by atoms with van der Waals surface area (Å²) in [6.07, 6.45) is 3.22. The van der Waals surface area contributed by atoms with Gasteiger partial charge in [0, 0.05) is 34.4 Å². The number of aromatic nitrogens is 3. The molecule has 1 atom stereocenters. The van der Waals surface area contributed by atoms with E-state index in [4.69, 9.17) is 9.47 Å². The highest BCUT2D eigenvalue weighted by Crippen LogP contribution is 2.32. The van der Waals surface area contributed by atoms with E-state index in [0.29, 0.717) is 36.5 Å². The Kier molecular flexibility index (Phi) is 5.42. The normalized spacial score (nSPS) is 15.3. The molecule has 2 aromatic carbocycles. The van der Waals surface area contributed by atoms with Gasteiger partial charge >= 0.3 is 0 Å². The Morgan fingerprint density at radius 2 is 2.00 bits per heavy atom. The SMILES string of the molecule is C[C@@H]1COC(Nc2ccc3ncnc(Nc4ccc(OCc5nccs5)c(O)c4)c3c2)=N1. The van der Waals surface area contributed by atoms with E-state index >= 15 is 0 Å². The van der Waals surface area contributed by atoms with Crippen molar-refractivity contribution >= 4 is 45.5 Å². The van der Waals surface area contributed by atoms with Gasteiger partial charge in [-0.15, -0.1) is 11.3 Å². The molecule has 2 aromatic heterocycles. The highest BCUT2D eigenvalue weighted by atomic mass is 32.1. The van der Waals surface area contributed by atoms with E-state index < -0.39 is 0 Å². The zero-order chi connectivity index (χ0) is 21.9. The van der Waals surface area contributed by atoms with Crippen LogP contribution in [0.2, 0.25) is 0 Å². The Balaban J connectivity index is 1.35. The highest BCUT2D eigenvalue weighted by molar-refractivity contribution is 7.09. The molecule has 0 amide bonds. The zero-order valence-electron chi connectivity index (χ0n) is 17.1. The van der Waals surface area contributed by atoms with Gasteiger partial charge in [-0.1, -0.05) is 0 Å². The third-order valence-corrected chi connectivity index (χ3v) is 5.49. The summed E-state index contributed by atoms with van der Waals surface area (Å²) in [7, 11) is 0. The van der Waals surface area contributed by atoms with Gasteiger partial charge in [-0.25, -0.2) is 19.9 Å². The third-order valence-electron chi connectivity index (χ3n) is 4.74. The largest absolute Gasteiger partial charge is 0.504 e. The van der Waals surface area contributed by atoms with Crippen LogP contribution < -0.4 is 15.4 Å². The van der Waals surface area contributed by atoms with Gasteiger partial charge in [-0.05, 0) is 37.3 Å². The minimum absolute atomic E-state index is 0.0257. The number of hydrogen-bond donors (Lipinski definition) is 3. The van der Waals surface area contributed by atoms with E-state index in [0.717, 1.165) is 21.6 Å². The molecule has 4 aromatic rings. The lowest BCUT2D eigenvalue weighted by molar-refractivity contribution is 0.288. The van der Waals surface area contributed by atoms with Crippen LogP contribution in [-0.2, 0) is 11.3 Å². The number of fused-ring (bicyclic) bond motifs is 1. The van der Waals surface area contributed by atoms with Gasteiger partial charge in [0.25, 0.3) is 6.02 Å². The Morgan fingerprint density at radius 1 is 1.12 bits per heavy atom. The van der Waals surface area contributed by atoms with Crippen molar-refractivity contribution in [2.45, 2.75) is 19.6 Å². The van der Waals surface area contributed by atoms with E-state index in [-0.39, 0.29) is 11.8 Å². The second-order valence-corrected chi connectivity index (χ2v) is 8.17. The molecule has 0 unspecified atom stereocenters. The minimum atomic E-state index is 0.0257. The molecule has 32 heavy (non-hydrogen) atoms. The van der Waals surface area contributed by atoms with Crippen LogP contribution in [0, 0.1) is 0 Å². The molecule has 0 fully saturated rings. The Bertz CT molecular complexity index is 1280. The monoisotopic (exact) mass is 448 g/mol. The number of aromatic hydroxyl groups is 1. The average molecular weight is 449 g/mol. The predicted molar refractivity (Wildman–Crippen MR) is 124 cm³/mol. The van der Waals surface area contributed by atoms with Crippen molar-refractivity contribution in [3.63, 3.8) is 0 Å². The molecule has 1 aliphatic heterocycles. The van der Waals surface area contributed by atoms with Crippen molar-refractivity contribution in [2.24, 2.45) is 4.99 Å². The van der Waals surface area contributed by atoms with Crippen LogP contribution in [0.25, 0.3) is 10.9 Å². The molecule has 0 spiro atoms. The lowest BCUT2D eigenvalue weighted by Gasteiger charge is -2.12. The number of benzene rings is 2. The molecule has 10 heteroatoms. The molecule has 3 N–H and O–H groups in total. The maximum Gasteiger partial charge on any atom is 0.289 e. The number of ether oxygens (including phenoxy) is 2. The van der Waals surface area contributed by atoms with Crippen molar-refractivity contribution < 1.29 is 14.6 Å². The summed E-state index contributed by atoms with van der Waals surface area (Å²) in [5, 5.41) is 20.3. The number of anilines is 3. The third kappa shape index (κ3) is 4.40. The van der Waals surface area contributed by atoms with Crippen LogP contribution in [0.4, 0.5) is 17.2 Å². The first kappa shape index (κ1) is 20.0. The average Bonchev–Trinajstić information content (AvgIpc) is 3.45. The summed E-state index contributed by atoms with van der Waals surface area (Å²) >= 11 is 1.50. The van der Waals surface area contributed by atoms with E-state index in [1.807, 2.05) is 36.6 Å². The zero-order valence-corrected chi connectivity index (χ0v) is 18.0. The maximum absolute atomic E-state index is 10.4. The second-order valence-electron chi connectivity index (χ2n) is 7.20. The van der Waals surface area contributed by atoms with Gasteiger partial charge in [0.1, 0.15) is 30.4 Å². The van der Waals surface area contributed by atoms with Crippen LogP contribution in [0.3, 0.4) is 0 Å². The number of hydrogen-bond acceptors (Lipinski definition) is 10. The molecule has 5 rings (SSSR count). The summed E-state index contributed by atoms with van der Waals surface area (Å²) in [6, 6.07) is 11.5. The Hall–Kier alpha value is -3.92.